The lowest BCUT2D eigenvalue weighted by atomic mass is 9.81. The Labute approximate surface area is 270 Å². The molecule has 10 nitrogen and oxygen atoms in total. The highest BCUT2D eigenvalue weighted by atomic mass is 32.2. The van der Waals surface area contributed by atoms with Gasteiger partial charge in [0.15, 0.2) is 0 Å². The summed E-state index contributed by atoms with van der Waals surface area (Å²) in [5.74, 6) is 1.82. The molecular weight excluding hydrogens is 602 g/mol. The standard InChI is InChI=1S/C35H43N5O5S/c1-38(2)46(43,44)37-33(41)22-9-11-27-30(13-22)40-20-35(34(42)39-18-23-16-36-17-24(23)19-39)15-29(35)28-14-25(45-3)10-12-26(28)32(40)31(27)21-7-5-4-6-8-21/h9-14,21,23-24,29,36H,4-8,15-20H2,1-3H3,(H,37,41). The van der Waals surface area contributed by atoms with Crippen LogP contribution in [0.1, 0.15) is 71.8 Å². The molecule has 2 aliphatic carbocycles. The summed E-state index contributed by atoms with van der Waals surface area (Å²) in [6.45, 7) is 4.06. The lowest BCUT2D eigenvalue weighted by molar-refractivity contribution is -0.137. The molecule has 5 aliphatic rings. The van der Waals surface area contributed by atoms with E-state index in [0.29, 0.717) is 24.3 Å². The molecule has 2 saturated heterocycles. The van der Waals surface area contributed by atoms with Crippen LogP contribution in [0, 0.1) is 17.3 Å². The first-order valence-electron chi connectivity index (χ1n) is 16.7. The Kier molecular flexibility index (Phi) is 7.04. The second-order valence-corrected chi connectivity index (χ2v) is 16.3. The molecular formula is C35H43N5O5S. The van der Waals surface area contributed by atoms with Crippen LogP contribution in [0.2, 0.25) is 0 Å². The molecule has 0 bridgehead atoms. The Hall–Kier alpha value is -3.41. The van der Waals surface area contributed by atoms with E-state index >= 15 is 0 Å². The number of ether oxygens (including phenoxy) is 1. The van der Waals surface area contributed by atoms with Gasteiger partial charge in [0.1, 0.15) is 5.75 Å². The van der Waals surface area contributed by atoms with Crippen molar-refractivity contribution in [1.82, 2.24) is 23.8 Å². The normalized spacial score (nSPS) is 27.1. The van der Waals surface area contributed by atoms with E-state index in [1.54, 1.807) is 13.2 Å². The predicted octanol–water partition coefficient (Wildman–Crippen LogP) is 4.07. The van der Waals surface area contributed by atoms with Crippen LogP contribution in [0.3, 0.4) is 0 Å². The third-order valence-corrected chi connectivity index (χ3v) is 13.0. The number of hydrogen-bond acceptors (Lipinski definition) is 6. The van der Waals surface area contributed by atoms with E-state index in [9.17, 15) is 18.0 Å². The van der Waals surface area contributed by atoms with Gasteiger partial charge in [0.05, 0.1) is 18.2 Å². The molecule has 3 aromatic rings. The van der Waals surface area contributed by atoms with Crippen LogP contribution in [0.25, 0.3) is 22.2 Å². The van der Waals surface area contributed by atoms with Crippen molar-refractivity contribution >= 4 is 32.9 Å². The number of aromatic nitrogens is 1. The number of carbonyl (C=O) groups is 2. The fourth-order valence-corrected chi connectivity index (χ4v) is 9.56. The molecule has 2 N–H and O–H groups in total. The summed E-state index contributed by atoms with van der Waals surface area (Å²) < 4.78 is 36.3. The number of methoxy groups -OCH3 is 1. The van der Waals surface area contributed by atoms with E-state index in [0.717, 1.165) is 77.7 Å². The van der Waals surface area contributed by atoms with Crippen molar-refractivity contribution in [3.05, 3.63) is 53.1 Å². The van der Waals surface area contributed by atoms with Gasteiger partial charge in [-0.3, -0.25) is 9.59 Å². The van der Waals surface area contributed by atoms with Crippen molar-refractivity contribution in [2.24, 2.45) is 17.3 Å². The zero-order valence-electron chi connectivity index (χ0n) is 26.8. The molecule has 3 aliphatic heterocycles. The molecule has 244 valence electrons. The van der Waals surface area contributed by atoms with Gasteiger partial charge in [0, 0.05) is 74.8 Å². The van der Waals surface area contributed by atoms with E-state index in [1.807, 2.05) is 18.2 Å². The topological polar surface area (TPSA) is 113 Å². The maximum absolute atomic E-state index is 14.7. The lowest BCUT2D eigenvalue weighted by Gasteiger charge is -2.26. The molecule has 2 aromatic carbocycles. The van der Waals surface area contributed by atoms with Crippen molar-refractivity contribution < 1.29 is 22.7 Å². The number of nitrogens with one attached hydrogen (secondary N) is 2. The summed E-state index contributed by atoms with van der Waals surface area (Å²) in [6, 6.07) is 11.9. The van der Waals surface area contributed by atoms with Gasteiger partial charge in [0.2, 0.25) is 5.91 Å². The van der Waals surface area contributed by atoms with E-state index in [2.05, 4.69) is 31.6 Å². The van der Waals surface area contributed by atoms with Gasteiger partial charge in [-0.2, -0.15) is 12.7 Å². The zero-order valence-corrected chi connectivity index (χ0v) is 27.7. The van der Waals surface area contributed by atoms with E-state index in [-0.39, 0.29) is 17.4 Å². The largest absolute Gasteiger partial charge is 0.497 e. The van der Waals surface area contributed by atoms with Gasteiger partial charge in [-0.25, -0.2) is 4.72 Å². The molecule has 4 heterocycles. The van der Waals surface area contributed by atoms with Crippen molar-refractivity contribution in [3.63, 3.8) is 0 Å². The van der Waals surface area contributed by atoms with Gasteiger partial charge < -0.3 is 19.5 Å². The minimum absolute atomic E-state index is 0.0783. The third kappa shape index (κ3) is 4.60. The molecule has 0 spiro atoms. The summed E-state index contributed by atoms with van der Waals surface area (Å²) in [6.07, 6.45) is 6.54. The van der Waals surface area contributed by atoms with Crippen LogP contribution in [0.5, 0.6) is 5.75 Å². The van der Waals surface area contributed by atoms with E-state index in [4.69, 9.17) is 4.74 Å². The minimum atomic E-state index is -3.96. The number of rotatable bonds is 6. The van der Waals surface area contributed by atoms with Gasteiger partial charge in [0.25, 0.3) is 5.91 Å². The Morgan fingerprint density at radius 3 is 2.46 bits per heavy atom. The first kappa shape index (κ1) is 30.0. The van der Waals surface area contributed by atoms with E-state index in [1.165, 1.54) is 44.5 Å². The SMILES string of the molecule is COc1ccc2c(c1)C1CC1(C(=O)N1CC3CNCC3C1)Cn1c-2c(C2CCCCC2)c2ccc(C(=O)NS(=O)(=O)N(C)C)cc21. The molecule has 11 heteroatoms. The average molecular weight is 646 g/mol. The molecule has 2 amide bonds. The molecule has 2 saturated carbocycles. The Morgan fingerprint density at radius 1 is 1.02 bits per heavy atom. The monoisotopic (exact) mass is 645 g/mol. The Morgan fingerprint density at radius 2 is 1.76 bits per heavy atom. The number of likely N-dealkylation sites (tertiary alicyclic amines) is 1. The van der Waals surface area contributed by atoms with Gasteiger partial charge >= 0.3 is 10.2 Å². The van der Waals surface area contributed by atoms with Crippen molar-refractivity contribution in [2.45, 2.75) is 56.9 Å². The van der Waals surface area contributed by atoms with Crippen molar-refractivity contribution in [2.75, 3.05) is 47.4 Å². The van der Waals surface area contributed by atoms with Crippen LogP contribution in [-0.4, -0.2) is 81.4 Å². The molecule has 4 atom stereocenters. The zero-order chi connectivity index (χ0) is 32.0. The number of hydrogen-bond donors (Lipinski definition) is 2. The van der Waals surface area contributed by atoms with Gasteiger partial charge in [-0.05, 0) is 78.5 Å². The number of nitrogens with zero attached hydrogens (tertiary/aromatic N) is 3. The molecule has 1 aromatic heterocycles. The smallest absolute Gasteiger partial charge is 0.303 e. The lowest BCUT2D eigenvalue weighted by Crippen LogP contribution is -2.40. The molecule has 4 fully saturated rings. The predicted molar refractivity (Wildman–Crippen MR) is 176 cm³/mol. The van der Waals surface area contributed by atoms with Gasteiger partial charge in [-0.15, -0.1) is 0 Å². The average Bonchev–Trinajstić information content (AvgIpc) is 3.27. The molecule has 46 heavy (non-hydrogen) atoms. The maximum atomic E-state index is 14.7. The molecule has 4 unspecified atom stereocenters. The minimum Gasteiger partial charge on any atom is -0.497 e. The number of carbonyl (C=O) groups excluding carboxylic acids is 2. The van der Waals surface area contributed by atoms with Crippen LogP contribution < -0.4 is 14.8 Å². The fourth-order valence-electron chi connectivity index (χ4n) is 9.03. The number of benzene rings is 2. The quantitative estimate of drug-likeness (QED) is 0.418. The first-order chi connectivity index (χ1) is 22.1. The molecule has 0 radical (unpaired) electrons. The number of amides is 2. The first-order valence-corrected chi connectivity index (χ1v) is 18.1. The third-order valence-electron chi connectivity index (χ3n) is 11.6. The summed E-state index contributed by atoms with van der Waals surface area (Å²) >= 11 is 0. The Bertz CT molecular complexity index is 1850. The van der Waals surface area contributed by atoms with Crippen molar-refractivity contribution in [1.29, 1.82) is 0 Å². The van der Waals surface area contributed by atoms with Gasteiger partial charge in [-0.1, -0.05) is 25.3 Å². The highest BCUT2D eigenvalue weighted by molar-refractivity contribution is 7.87. The van der Waals surface area contributed by atoms with Crippen LogP contribution in [-0.2, 0) is 21.5 Å². The second-order valence-electron chi connectivity index (χ2n) is 14.4. The Balaban J connectivity index is 1.31. The summed E-state index contributed by atoms with van der Waals surface area (Å²) in [4.78, 5) is 30.1. The van der Waals surface area contributed by atoms with Crippen molar-refractivity contribution in [3.8, 4) is 17.0 Å². The fraction of sp³-hybridized carbons (Fsp3) is 0.543. The molecule has 8 rings (SSSR count). The number of fused-ring (bicyclic) bond motifs is 8. The highest BCUT2D eigenvalue weighted by Crippen LogP contribution is 2.66. The van der Waals surface area contributed by atoms with Crippen LogP contribution in [0.15, 0.2) is 36.4 Å². The summed E-state index contributed by atoms with van der Waals surface area (Å²) in [5, 5.41) is 4.57. The highest BCUT2D eigenvalue weighted by Gasteiger charge is 2.64. The summed E-state index contributed by atoms with van der Waals surface area (Å²) in [5.41, 5.74) is 5.32. The second kappa shape index (κ2) is 10.8. The maximum Gasteiger partial charge on any atom is 0.303 e. The summed E-state index contributed by atoms with van der Waals surface area (Å²) in [7, 11) is 0.510. The van der Waals surface area contributed by atoms with Crippen LogP contribution in [0.4, 0.5) is 0 Å². The van der Waals surface area contributed by atoms with Crippen LogP contribution >= 0.6 is 0 Å². The van der Waals surface area contributed by atoms with E-state index < -0.39 is 21.5 Å².